The number of nitrogens with one attached hydrogen (secondary N) is 1. The molecule has 5 heteroatoms. The number of carbonyl (C=O) groups excluding carboxylic acids is 1. The molecule has 0 radical (unpaired) electrons. The lowest BCUT2D eigenvalue weighted by molar-refractivity contribution is -0.148. The lowest BCUT2D eigenvalue weighted by Gasteiger charge is -2.25. The summed E-state index contributed by atoms with van der Waals surface area (Å²) in [7, 11) is 3.11. The van der Waals surface area contributed by atoms with E-state index in [1.165, 1.54) is 13.2 Å². The normalized spacial score (nSPS) is 13.6. The van der Waals surface area contributed by atoms with Gasteiger partial charge in [-0.25, -0.2) is 4.39 Å². The van der Waals surface area contributed by atoms with Crippen molar-refractivity contribution < 1.29 is 18.7 Å². The van der Waals surface area contributed by atoms with Crippen LogP contribution in [0, 0.1) is 12.7 Å². The fourth-order valence-corrected chi connectivity index (χ4v) is 2.04. The minimum atomic E-state index is -0.691. The molecule has 1 N–H and O–H groups in total. The molecule has 0 saturated carbocycles. The Bertz CT molecular complexity index is 479. The number of esters is 1. The van der Waals surface area contributed by atoms with Crippen LogP contribution in [0.25, 0.3) is 0 Å². The maximum absolute atomic E-state index is 13.5. The number of benzene rings is 1. The number of hydrogen-bond donors (Lipinski definition) is 1. The summed E-state index contributed by atoms with van der Waals surface area (Å²) < 4.78 is 23.7. The topological polar surface area (TPSA) is 47.6 Å². The van der Waals surface area contributed by atoms with Crippen LogP contribution in [0.3, 0.4) is 0 Å². The first-order valence-corrected chi connectivity index (χ1v) is 7.09. The average Bonchev–Trinajstić information content (AvgIpc) is 2.49. The van der Waals surface area contributed by atoms with Gasteiger partial charge in [0.1, 0.15) is 5.54 Å². The summed E-state index contributed by atoms with van der Waals surface area (Å²) in [4.78, 5) is 11.7. The van der Waals surface area contributed by atoms with Gasteiger partial charge >= 0.3 is 5.97 Å². The molecule has 4 nitrogen and oxygen atoms in total. The second-order valence-electron chi connectivity index (χ2n) is 5.31. The minimum Gasteiger partial charge on any atom is -0.491 e. The van der Waals surface area contributed by atoms with E-state index in [0.29, 0.717) is 13.0 Å². The van der Waals surface area contributed by atoms with E-state index in [1.54, 1.807) is 26.1 Å². The summed E-state index contributed by atoms with van der Waals surface area (Å²) in [6, 6.07) is 4.79. The molecule has 0 heterocycles. The lowest BCUT2D eigenvalue weighted by Crippen LogP contribution is -2.48. The number of likely N-dealkylation sites (N-methyl/N-ethyl adjacent to an activating group) is 1. The van der Waals surface area contributed by atoms with Gasteiger partial charge in [0, 0.05) is 0 Å². The van der Waals surface area contributed by atoms with Crippen molar-refractivity contribution in [1.82, 2.24) is 5.32 Å². The highest BCUT2D eigenvalue weighted by molar-refractivity contribution is 5.80. The number of methoxy groups -OCH3 is 1. The van der Waals surface area contributed by atoms with Crippen LogP contribution in [0.5, 0.6) is 5.75 Å². The number of hydrogen-bond acceptors (Lipinski definition) is 4. The molecular formula is C16H24FNO3. The Labute approximate surface area is 125 Å². The molecule has 21 heavy (non-hydrogen) atoms. The smallest absolute Gasteiger partial charge is 0.325 e. The zero-order valence-electron chi connectivity index (χ0n) is 13.2. The number of halogens is 1. The Morgan fingerprint density at radius 3 is 2.71 bits per heavy atom. The van der Waals surface area contributed by atoms with E-state index in [4.69, 9.17) is 9.47 Å². The van der Waals surface area contributed by atoms with Crippen LogP contribution in [0.2, 0.25) is 0 Å². The van der Waals surface area contributed by atoms with E-state index < -0.39 is 5.54 Å². The predicted molar refractivity (Wildman–Crippen MR) is 80.0 cm³/mol. The molecule has 0 amide bonds. The van der Waals surface area contributed by atoms with Crippen molar-refractivity contribution in [3.63, 3.8) is 0 Å². The van der Waals surface area contributed by atoms with Crippen LogP contribution < -0.4 is 10.1 Å². The average molecular weight is 297 g/mol. The Balaban J connectivity index is 2.37. The van der Waals surface area contributed by atoms with E-state index in [0.717, 1.165) is 18.4 Å². The van der Waals surface area contributed by atoms with Crippen LogP contribution >= 0.6 is 0 Å². The van der Waals surface area contributed by atoms with Crippen LogP contribution in [0.1, 0.15) is 31.7 Å². The maximum Gasteiger partial charge on any atom is 0.325 e. The standard InChI is InChI=1S/C16H24FNO3/c1-12-7-8-13(17)14(11-12)21-10-6-5-9-16(2,18-3)15(19)20-4/h7-8,11,18H,5-6,9-10H2,1-4H3. The highest BCUT2D eigenvalue weighted by atomic mass is 19.1. The zero-order chi connectivity index (χ0) is 15.9. The van der Waals surface area contributed by atoms with Gasteiger partial charge in [-0.3, -0.25) is 4.79 Å². The number of rotatable bonds is 8. The van der Waals surface area contributed by atoms with Gasteiger partial charge in [-0.2, -0.15) is 0 Å². The van der Waals surface area contributed by atoms with Crippen LogP contribution in [0.15, 0.2) is 18.2 Å². The summed E-state index contributed by atoms with van der Waals surface area (Å²) in [6.45, 7) is 4.11. The SMILES string of the molecule is CNC(C)(CCCCOc1cc(C)ccc1F)C(=O)OC. The Kier molecular flexibility index (Phi) is 6.62. The van der Waals surface area contributed by atoms with E-state index >= 15 is 0 Å². The largest absolute Gasteiger partial charge is 0.491 e. The van der Waals surface area contributed by atoms with Gasteiger partial charge in [0.15, 0.2) is 11.6 Å². The van der Waals surface area contributed by atoms with Crippen molar-refractivity contribution in [3.8, 4) is 5.75 Å². The van der Waals surface area contributed by atoms with Gasteiger partial charge < -0.3 is 14.8 Å². The molecule has 1 rings (SSSR count). The predicted octanol–water partition coefficient (Wildman–Crippen LogP) is 2.83. The summed E-state index contributed by atoms with van der Waals surface area (Å²) in [5, 5.41) is 2.98. The molecule has 0 bridgehead atoms. The van der Waals surface area contributed by atoms with E-state index in [-0.39, 0.29) is 17.5 Å². The molecular weight excluding hydrogens is 273 g/mol. The third-order valence-corrected chi connectivity index (χ3v) is 3.60. The third kappa shape index (κ3) is 5.01. The molecule has 0 aromatic heterocycles. The summed E-state index contributed by atoms with van der Waals surface area (Å²) in [5.74, 6) is -0.356. The van der Waals surface area contributed by atoms with Crippen molar-refractivity contribution in [2.24, 2.45) is 0 Å². The van der Waals surface area contributed by atoms with Crippen LogP contribution in [-0.2, 0) is 9.53 Å². The first-order chi connectivity index (χ1) is 9.92. The van der Waals surface area contributed by atoms with Gasteiger partial charge in [0.2, 0.25) is 0 Å². The van der Waals surface area contributed by atoms with Crippen molar-refractivity contribution in [1.29, 1.82) is 0 Å². The summed E-state index contributed by atoms with van der Waals surface area (Å²) >= 11 is 0. The lowest BCUT2D eigenvalue weighted by atomic mass is 9.95. The van der Waals surface area contributed by atoms with Gasteiger partial charge in [-0.15, -0.1) is 0 Å². The highest BCUT2D eigenvalue weighted by Gasteiger charge is 2.31. The number of ether oxygens (including phenoxy) is 2. The van der Waals surface area contributed by atoms with Gasteiger partial charge in [-0.1, -0.05) is 6.07 Å². The van der Waals surface area contributed by atoms with Crippen molar-refractivity contribution in [2.75, 3.05) is 20.8 Å². The molecule has 0 spiro atoms. The molecule has 0 aliphatic heterocycles. The number of unbranched alkanes of at least 4 members (excludes halogenated alkanes) is 1. The molecule has 1 atom stereocenters. The molecule has 0 aliphatic carbocycles. The Hall–Kier alpha value is -1.62. The molecule has 1 unspecified atom stereocenters. The quantitative estimate of drug-likeness (QED) is 0.592. The van der Waals surface area contributed by atoms with E-state index in [2.05, 4.69) is 5.32 Å². The molecule has 0 aliphatic rings. The van der Waals surface area contributed by atoms with Crippen LogP contribution in [-0.4, -0.2) is 32.3 Å². The number of aryl methyl sites for hydroxylation is 1. The van der Waals surface area contributed by atoms with Crippen molar-refractivity contribution in [2.45, 2.75) is 38.6 Å². The Morgan fingerprint density at radius 2 is 2.10 bits per heavy atom. The first kappa shape index (κ1) is 17.4. The fraction of sp³-hybridized carbons (Fsp3) is 0.562. The summed E-state index contributed by atoms with van der Waals surface area (Å²) in [5.41, 5.74) is 0.267. The van der Waals surface area contributed by atoms with Crippen molar-refractivity contribution in [3.05, 3.63) is 29.6 Å². The van der Waals surface area contributed by atoms with Gasteiger partial charge in [-0.05, 0) is 57.9 Å². The zero-order valence-corrected chi connectivity index (χ0v) is 13.2. The second-order valence-corrected chi connectivity index (χ2v) is 5.31. The number of carbonyl (C=O) groups is 1. The van der Waals surface area contributed by atoms with Gasteiger partial charge in [0.05, 0.1) is 13.7 Å². The summed E-state index contributed by atoms with van der Waals surface area (Å²) in [6.07, 6.45) is 2.15. The molecule has 118 valence electrons. The van der Waals surface area contributed by atoms with E-state index in [1.807, 2.05) is 6.92 Å². The maximum atomic E-state index is 13.5. The molecule has 0 saturated heterocycles. The molecule has 0 fully saturated rings. The van der Waals surface area contributed by atoms with E-state index in [9.17, 15) is 9.18 Å². The van der Waals surface area contributed by atoms with Crippen LogP contribution in [0.4, 0.5) is 4.39 Å². The second kappa shape index (κ2) is 7.98. The molecule has 1 aromatic rings. The highest BCUT2D eigenvalue weighted by Crippen LogP contribution is 2.19. The van der Waals surface area contributed by atoms with Gasteiger partial charge in [0.25, 0.3) is 0 Å². The minimum absolute atomic E-state index is 0.277. The first-order valence-electron chi connectivity index (χ1n) is 7.09. The monoisotopic (exact) mass is 297 g/mol. The molecule has 1 aromatic carbocycles. The fourth-order valence-electron chi connectivity index (χ4n) is 2.04. The third-order valence-electron chi connectivity index (χ3n) is 3.60. The van der Waals surface area contributed by atoms with Crippen molar-refractivity contribution >= 4 is 5.97 Å². The Morgan fingerprint density at radius 1 is 1.38 bits per heavy atom.